The van der Waals surface area contributed by atoms with E-state index in [2.05, 4.69) is 0 Å². The number of hydrogen-bond acceptors (Lipinski definition) is 2. The Morgan fingerprint density at radius 2 is 1.76 bits per heavy atom. The van der Waals surface area contributed by atoms with E-state index in [4.69, 9.17) is 22.4 Å². The zero-order valence-corrected chi connectivity index (χ0v) is 10.1. The zero-order chi connectivity index (χ0) is 12.3. The van der Waals surface area contributed by atoms with Gasteiger partial charge in [-0.2, -0.15) is 0 Å². The lowest BCUT2D eigenvalue weighted by Gasteiger charge is -2.09. The van der Waals surface area contributed by atoms with Crippen molar-refractivity contribution in [1.29, 1.82) is 0 Å². The van der Waals surface area contributed by atoms with Crippen molar-refractivity contribution in [2.75, 3.05) is 6.61 Å². The van der Waals surface area contributed by atoms with E-state index in [-0.39, 0.29) is 12.6 Å². The third-order valence-corrected chi connectivity index (χ3v) is 2.93. The molecule has 2 aromatic carbocycles. The molecule has 0 aliphatic carbocycles. The van der Waals surface area contributed by atoms with Crippen LogP contribution in [0.2, 0.25) is 5.02 Å². The average Bonchev–Trinajstić information content (AvgIpc) is 2.38. The molecule has 0 bridgehead atoms. The van der Waals surface area contributed by atoms with Gasteiger partial charge in [-0.1, -0.05) is 48.0 Å². The Morgan fingerprint density at radius 3 is 2.35 bits per heavy atom. The van der Waals surface area contributed by atoms with Gasteiger partial charge in [-0.15, -0.1) is 0 Å². The SMILES string of the molecule is N[C@@H](CO)c1ccc(-c2cccc(Cl)c2)cc1. The molecule has 0 radical (unpaired) electrons. The average molecular weight is 248 g/mol. The molecule has 0 aromatic heterocycles. The molecule has 0 unspecified atom stereocenters. The first-order valence-electron chi connectivity index (χ1n) is 5.43. The highest BCUT2D eigenvalue weighted by Crippen LogP contribution is 2.23. The molecule has 0 aliphatic rings. The largest absolute Gasteiger partial charge is 0.394 e. The van der Waals surface area contributed by atoms with Crippen LogP contribution in [0.4, 0.5) is 0 Å². The lowest BCUT2D eigenvalue weighted by molar-refractivity contribution is 0.268. The summed E-state index contributed by atoms with van der Waals surface area (Å²) in [5.74, 6) is 0. The van der Waals surface area contributed by atoms with Gasteiger partial charge in [0.05, 0.1) is 12.6 Å². The summed E-state index contributed by atoms with van der Waals surface area (Å²) in [7, 11) is 0. The number of aliphatic hydroxyl groups is 1. The van der Waals surface area contributed by atoms with E-state index in [9.17, 15) is 0 Å². The Morgan fingerprint density at radius 1 is 1.06 bits per heavy atom. The van der Waals surface area contributed by atoms with Gasteiger partial charge < -0.3 is 10.8 Å². The Kier molecular flexibility index (Phi) is 3.79. The summed E-state index contributed by atoms with van der Waals surface area (Å²) in [6.07, 6.45) is 0. The van der Waals surface area contributed by atoms with Crippen LogP contribution in [0.1, 0.15) is 11.6 Å². The number of benzene rings is 2. The smallest absolute Gasteiger partial charge is 0.0624 e. The molecular formula is C14H14ClNO. The predicted octanol–water partition coefficient (Wildman–Crippen LogP) is 3.00. The third kappa shape index (κ3) is 2.86. The molecule has 2 nitrogen and oxygen atoms in total. The molecule has 0 heterocycles. The topological polar surface area (TPSA) is 46.2 Å². The summed E-state index contributed by atoms with van der Waals surface area (Å²) in [6, 6.07) is 15.2. The van der Waals surface area contributed by atoms with Crippen molar-refractivity contribution >= 4 is 11.6 Å². The number of nitrogens with two attached hydrogens (primary N) is 1. The first kappa shape index (κ1) is 12.1. The van der Waals surface area contributed by atoms with E-state index in [0.717, 1.165) is 21.7 Å². The normalized spacial score (nSPS) is 12.4. The quantitative estimate of drug-likeness (QED) is 0.876. The molecule has 0 aliphatic heterocycles. The van der Waals surface area contributed by atoms with Crippen molar-refractivity contribution in [3.8, 4) is 11.1 Å². The molecule has 0 saturated heterocycles. The van der Waals surface area contributed by atoms with Crippen molar-refractivity contribution < 1.29 is 5.11 Å². The van der Waals surface area contributed by atoms with Crippen LogP contribution in [-0.2, 0) is 0 Å². The summed E-state index contributed by atoms with van der Waals surface area (Å²) in [6.45, 7) is -0.0451. The van der Waals surface area contributed by atoms with E-state index in [0.29, 0.717) is 0 Å². The minimum Gasteiger partial charge on any atom is -0.394 e. The molecule has 17 heavy (non-hydrogen) atoms. The van der Waals surface area contributed by atoms with E-state index in [1.807, 2.05) is 48.5 Å². The Labute approximate surface area is 106 Å². The highest BCUT2D eigenvalue weighted by Gasteiger charge is 2.04. The molecule has 2 rings (SSSR count). The van der Waals surface area contributed by atoms with Gasteiger partial charge in [-0.25, -0.2) is 0 Å². The number of aliphatic hydroxyl groups excluding tert-OH is 1. The monoisotopic (exact) mass is 247 g/mol. The lowest BCUT2D eigenvalue weighted by atomic mass is 10.0. The molecule has 0 fully saturated rings. The summed E-state index contributed by atoms with van der Waals surface area (Å²) in [5.41, 5.74) is 8.82. The van der Waals surface area contributed by atoms with Crippen LogP contribution in [0, 0.1) is 0 Å². The summed E-state index contributed by atoms with van der Waals surface area (Å²) in [5, 5.41) is 9.69. The fourth-order valence-corrected chi connectivity index (χ4v) is 1.89. The highest BCUT2D eigenvalue weighted by molar-refractivity contribution is 6.30. The molecule has 3 N–H and O–H groups in total. The van der Waals surface area contributed by atoms with E-state index in [1.165, 1.54) is 0 Å². The molecule has 0 amide bonds. The molecule has 88 valence electrons. The maximum absolute atomic E-state index is 8.97. The molecular weight excluding hydrogens is 234 g/mol. The van der Waals surface area contributed by atoms with Crippen LogP contribution in [0.5, 0.6) is 0 Å². The van der Waals surface area contributed by atoms with Crippen LogP contribution < -0.4 is 5.73 Å². The van der Waals surface area contributed by atoms with E-state index < -0.39 is 0 Å². The molecule has 0 spiro atoms. The van der Waals surface area contributed by atoms with Gasteiger partial charge in [-0.3, -0.25) is 0 Å². The number of hydrogen-bond donors (Lipinski definition) is 2. The Balaban J connectivity index is 2.29. The first-order valence-corrected chi connectivity index (χ1v) is 5.81. The second-order valence-electron chi connectivity index (χ2n) is 3.92. The standard InChI is InChI=1S/C14H14ClNO/c15-13-3-1-2-12(8-13)10-4-6-11(7-5-10)14(16)9-17/h1-8,14,17H,9,16H2/t14-/m0/s1. The van der Waals surface area contributed by atoms with Crippen molar-refractivity contribution in [3.63, 3.8) is 0 Å². The number of halogens is 1. The van der Waals surface area contributed by atoms with Crippen LogP contribution in [0.25, 0.3) is 11.1 Å². The third-order valence-electron chi connectivity index (χ3n) is 2.69. The van der Waals surface area contributed by atoms with Gasteiger partial charge in [0.1, 0.15) is 0 Å². The summed E-state index contributed by atoms with van der Waals surface area (Å²) < 4.78 is 0. The van der Waals surface area contributed by atoms with Crippen molar-refractivity contribution in [3.05, 3.63) is 59.1 Å². The second kappa shape index (κ2) is 5.32. The maximum atomic E-state index is 8.97. The number of rotatable bonds is 3. The highest BCUT2D eigenvalue weighted by atomic mass is 35.5. The van der Waals surface area contributed by atoms with Crippen LogP contribution in [0.3, 0.4) is 0 Å². The lowest BCUT2D eigenvalue weighted by Crippen LogP contribution is -2.14. The van der Waals surface area contributed by atoms with Crippen molar-refractivity contribution in [2.45, 2.75) is 6.04 Å². The Bertz CT molecular complexity index is 496. The fraction of sp³-hybridized carbons (Fsp3) is 0.143. The zero-order valence-electron chi connectivity index (χ0n) is 9.31. The summed E-state index contributed by atoms with van der Waals surface area (Å²) in [4.78, 5) is 0. The predicted molar refractivity (Wildman–Crippen MR) is 70.9 cm³/mol. The first-order chi connectivity index (χ1) is 8.20. The van der Waals surface area contributed by atoms with Gasteiger partial charge in [0.15, 0.2) is 0 Å². The molecule has 3 heteroatoms. The van der Waals surface area contributed by atoms with Crippen LogP contribution in [0.15, 0.2) is 48.5 Å². The van der Waals surface area contributed by atoms with Crippen LogP contribution >= 0.6 is 11.6 Å². The summed E-state index contributed by atoms with van der Waals surface area (Å²) >= 11 is 5.95. The minimum absolute atomic E-state index is 0.0451. The van der Waals surface area contributed by atoms with Gasteiger partial charge in [0, 0.05) is 5.02 Å². The van der Waals surface area contributed by atoms with Gasteiger partial charge in [0.2, 0.25) is 0 Å². The Hall–Kier alpha value is -1.35. The van der Waals surface area contributed by atoms with E-state index >= 15 is 0 Å². The second-order valence-corrected chi connectivity index (χ2v) is 4.36. The van der Waals surface area contributed by atoms with E-state index in [1.54, 1.807) is 0 Å². The maximum Gasteiger partial charge on any atom is 0.0624 e. The van der Waals surface area contributed by atoms with Gasteiger partial charge in [0.25, 0.3) is 0 Å². The minimum atomic E-state index is -0.316. The molecule has 2 aromatic rings. The van der Waals surface area contributed by atoms with Gasteiger partial charge >= 0.3 is 0 Å². The van der Waals surface area contributed by atoms with Crippen molar-refractivity contribution in [1.82, 2.24) is 0 Å². The molecule has 1 atom stereocenters. The van der Waals surface area contributed by atoms with Crippen LogP contribution in [-0.4, -0.2) is 11.7 Å². The van der Waals surface area contributed by atoms with Gasteiger partial charge in [-0.05, 0) is 28.8 Å². The molecule has 0 saturated carbocycles. The van der Waals surface area contributed by atoms with Crippen molar-refractivity contribution in [2.24, 2.45) is 5.73 Å². The fourth-order valence-electron chi connectivity index (χ4n) is 1.70.